The Hall–Kier alpha value is -4.59. The smallest absolute Gasteiger partial charge is 0.235 e. The predicted octanol–water partition coefficient (Wildman–Crippen LogP) is 8.73. The van der Waals surface area contributed by atoms with Gasteiger partial charge in [0.25, 0.3) is 0 Å². The van der Waals surface area contributed by atoms with Gasteiger partial charge in [0.2, 0.25) is 5.91 Å². The normalized spacial score (nSPS) is 14.2. The summed E-state index contributed by atoms with van der Waals surface area (Å²) in [6.07, 6.45) is 3.99. The number of anilines is 1. The van der Waals surface area contributed by atoms with Crippen molar-refractivity contribution in [1.29, 1.82) is 5.26 Å². The first-order chi connectivity index (χ1) is 23.3. The van der Waals surface area contributed by atoms with Crippen molar-refractivity contribution in [3.8, 4) is 34.4 Å². The lowest BCUT2D eigenvalue weighted by molar-refractivity contribution is -0.113. The number of amides is 1. The molecule has 0 fully saturated rings. The van der Waals surface area contributed by atoms with E-state index >= 15 is 0 Å². The van der Waals surface area contributed by atoms with Crippen molar-refractivity contribution < 1.29 is 14.3 Å². The number of benzene rings is 3. The summed E-state index contributed by atoms with van der Waals surface area (Å²) >= 11 is 2.82. The summed E-state index contributed by atoms with van der Waals surface area (Å²) in [5.41, 5.74) is 4.71. The van der Waals surface area contributed by atoms with E-state index in [1.165, 1.54) is 16.6 Å². The third-order valence-electron chi connectivity index (χ3n) is 9.33. The van der Waals surface area contributed by atoms with Crippen LogP contribution in [0.15, 0.2) is 84.0 Å². The Morgan fingerprint density at radius 1 is 1.06 bits per heavy atom. The van der Waals surface area contributed by atoms with Gasteiger partial charge in [-0.2, -0.15) is 5.26 Å². The van der Waals surface area contributed by atoms with E-state index < -0.39 is 0 Å². The van der Waals surface area contributed by atoms with Gasteiger partial charge < -0.3 is 14.8 Å². The number of thioether (sulfide) groups is 1. The lowest BCUT2D eigenvalue weighted by atomic mass is 9.69. The van der Waals surface area contributed by atoms with Crippen LogP contribution in [0.2, 0.25) is 0 Å². The molecule has 0 saturated heterocycles. The van der Waals surface area contributed by atoms with Crippen molar-refractivity contribution in [2.45, 2.75) is 58.2 Å². The van der Waals surface area contributed by atoms with Crippen molar-refractivity contribution in [2.24, 2.45) is 11.3 Å². The van der Waals surface area contributed by atoms with Crippen molar-refractivity contribution in [3.05, 3.63) is 101 Å². The van der Waals surface area contributed by atoms with Crippen LogP contribution in [-0.4, -0.2) is 33.5 Å². The van der Waals surface area contributed by atoms with Gasteiger partial charge in [-0.3, -0.25) is 9.36 Å². The molecule has 48 heavy (non-hydrogen) atoms. The molecule has 2 heterocycles. The molecule has 6 rings (SSSR count). The third-order valence-corrected chi connectivity index (χ3v) is 11.4. The highest BCUT2D eigenvalue weighted by atomic mass is 32.2. The summed E-state index contributed by atoms with van der Waals surface area (Å²) in [5, 5.41) is 23.2. The number of thiophene rings is 1. The van der Waals surface area contributed by atoms with Crippen molar-refractivity contribution in [1.82, 2.24) is 14.8 Å². The summed E-state index contributed by atoms with van der Waals surface area (Å²) in [7, 11) is 1.62. The van der Waals surface area contributed by atoms with Crippen LogP contribution in [0, 0.1) is 22.7 Å². The molecule has 3 aromatic carbocycles. The molecule has 0 radical (unpaired) electrons. The van der Waals surface area contributed by atoms with Crippen molar-refractivity contribution >= 4 is 34.0 Å². The van der Waals surface area contributed by atoms with Crippen LogP contribution < -0.4 is 14.8 Å². The average Bonchev–Trinajstić information content (AvgIpc) is 3.69. The lowest BCUT2D eigenvalue weighted by Crippen LogP contribution is -2.28. The number of para-hydroxylation sites is 3. The number of methoxy groups -OCH3 is 1. The molecule has 1 aliphatic carbocycles. The van der Waals surface area contributed by atoms with E-state index in [2.05, 4.69) is 42.4 Å². The quantitative estimate of drug-likeness (QED) is 0.132. The largest absolute Gasteiger partial charge is 0.495 e. The van der Waals surface area contributed by atoms with Crippen LogP contribution in [0.5, 0.6) is 11.5 Å². The minimum Gasteiger partial charge on any atom is -0.495 e. The summed E-state index contributed by atoms with van der Waals surface area (Å²) in [4.78, 5) is 14.6. The van der Waals surface area contributed by atoms with Gasteiger partial charge >= 0.3 is 0 Å². The molecule has 0 saturated carbocycles. The second kappa shape index (κ2) is 14.7. The maximum Gasteiger partial charge on any atom is 0.235 e. The van der Waals surface area contributed by atoms with Gasteiger partial charge in [-0.25, -0.2) is 0 Å². The zero-order valence-electron chi connectivity index (χ0n) is 27.7. The number of nitrogens with one attached hydrogen (secondary N) is 1. The average molecular weight is 678 g/mol. The summed E-state index contributed by atoms with van der Waals surface area (Å²) in [6, 6.07) is 28.0. The van der Waals surface area contributed by atoms with E-state index in [1.54, 1.807) is 18.4 Å². The molecule has 8 nitrogen and oxygen atoms in total. The van der Waals surface area contributed by atoms with Crippen molar-refractivity contribution in [2.75, 3.05) is 18.2 Å². The fraction of sp³-hybridized carbons (Fsp3) is 0.316. The molecule has 1 N–H and O–H groups in total. The third kappa shape index (κ3) is 6.98. The Balaban J connectivity index is 1.21. The molecule has 0 aliphatic heterocycles. The highest BCUT2D eigenvalue weighted by Gasteiger charge is 2.34. The van der Waals surface area contributed by atoms with E-state index in [9.17, 15) is 10.1 Å². The number of ether oxygens (including phenoxy) is 2. The molecule has 1 aliphatic rings. The van der Waals surface area contributed by atoms with Gasteiger partial charge in [-0.05, 0) is 59.9 Å². The van der Waals surface area contributed by atoms with E-state index in [4.69, 9.17) is 9.47 Å². The summed E-state index contributed by atoms with van der Waals surface area (Å²) < 4.78 is 13.9. The molecule has 10 heteroatoms. The van der Waals surface area contributed by atoms with Gasteiger partial charge in [0, 0.05) is 10.4 Å². The minimum atomic E-state index is -0.204. The molecule has 0 spiro atoms. The Bertz CT molecular complexity index is 1940. The number of nitriles is 1. The molecular formula is C38H39N5O3S2. The van der Waals surface area contributed by atoms with E-state index in [0.29, 0.717) is 33.2 Å². The van der Waals surface area contributed by atoms with E-state index in [1.807, 2.05) is 83.4 Å². The molecule has 246 valence electrons. The second-order valence-corrected chi connectivity index (χ2v) is 14.5. The Labute approximate surface area is 290 Å². The maximum absolute atomic E-state index is 13.4. The van der Waals surface area contributed by atoms with Crippen molar-refractivity contribution in [3.63, 3.8) is 0 Å². The van der Waals surface area contributed by atoms with Gasteiger partial charge in [0.05, 0.1) is 24.1 Å². The number of carbonyl (C=O) groups excluding carboxylic acids is 1. The Kier molecular flexibility index (Phi) is 10.2. The zero-order valence-corrected chi connectivity index (χ0v) is 29.3. The Morgan fingerprint density at radius 2 is 1.79 bits per heavy atom. The molecule has 1 unspecified atom stereocenters. The number of nitrogens with zero attached hydrogens (tertiary/aromatic N) is 4. The van der Waals surface area contributed by atoms with E-state index in [-0.39, 0.29) is 23.7 Å². The highest BCUT2D eigenvalue weighted by molar-refractivity contribution is 7.99. The first-order valence-corrected chi connectivity index (χ1v) is 17.9. The molecule has 2 aromatic heterocycles. The number of aromatic nitrogens is 3. The number of hydrogen-bond donors (Lipinski definition) is 1. The number of rotatable bonds is 12. The molecule has 1 atom stereocenters. The van der Waals surface area contributed by atoms with Crippen LogP contribution in [0.4, 0.5) is 5.00 Å². The highest BCUT2D eigenvalue weighted by Crippen LogP contribution is 2.45. The maximum atomic E-state index is 13.4. The van der Waals surface area contributed by atoms with Gasteiger partial charge in [-0.15, -0.1) is 21.5 Å². The number of fused-ring (bicyclic) bond motifs is 1. The van der Waals surface area contributed by atoms with Gasteiger partial charge in [0.1, 0.15) is 29.2 Å². The van der Waals surface area contributed by atoms with Crippen LogP contribution >= 0.6 is 23.1 Å². The van der Waals surface area contributed by atoms with Crippen LogP contribution in [0.1, 0.15) is 55.4 Å². The first kappa shape index (κ1) is 33.3. The monoisotopic (exact) mass is 677 g/mol. The van der Waals surface area contributed by atoms with Crippen LogP contribution in [-0.2, 0) is 24.2 Å². The van der Waals surface area contributed by atoms with Crippen LogP contribution in [0.3, 0.4) is 0 Å². The minimum absolute atomic E-state index is 0.0872. The Morgan fingerprint density at radius 3 is 2.54 bits per heavy atom. The first-order valence-electron chi connectivity index (χ1n) is 16.1. The lowest BCUT2D eigenvalue weighted by Gasteiger charge is -2.36. The van der Waals surface area contributed by atoms with Crippen LogP contribution in [0.25, 0.3) is 16.8 Å². The fourth-order valence-electron chi connectivity index (χ4n) is 6.18. The SMILES string of the molecule is CCC(C)(C)C1CCc2c(sc(NC(=O)CSc3nnc(COc4ccccc4-c4ccccc4)n3-c3ccccc3OC)c2C#N)C1. The predicted molar refractivity (Wildman–Crippen MR) is 192 cm³/mol. The standard InChI is InChI=1S/C38H39N5O3S2/c1-5-38(2,3)26-19-20-28-29(22-39)36(48-33(28)21-26)40-35(44)24-47-37-42-41-34(43(37)30-16-10-12-18-32(30)45-4)23-46-31-17-11-9-15-27(31)25-13-7-6-8-14-25/h6-18,26H,5,19-21,23-24H2,1-4H3,(H,40,44). The van der Waals surface area contributed by atoms with Gasteiger partial charge in [-0.1, -0.05) is 99.6 Å². The fourth-order valence-corrected chi connectivity index (χ4v) is 8.23. The molecule has 0 bridgehead atoms. The molecular weight excluding hydrogens is 639 g/mol. The number of hydrogen-bond acceptors (Lipinski definition) is 8. The molecule has 5 aromatic rings. The summed E-state index contributed by atoms with van der Waals surface area (Å²) in [6.45, 7) is 7.03. The summed E-state index contributed by atoms with van der Waals surface area (Å²) in [5.74, 6) is 2.37. The van der Waals surface area contributed by atoms with Gasteiger partial charge in [0.15, 0.2) is 11.0 Å². The zero-order chi connectivity index (χ0) is 33.7. The van der Waals surface area contributed by atoms with E-state index in [0.717, 1.165) is 53.8 Å². The second-order valence-electron chi connectivity index (χ2n) is 12.5. The molecule has 1 amide bonds. The number of carbonyl (C=O) groups is 1. The topological polar surface area (TPSA) is 102 Å².